The first kappa shape index (κ1) is 22.1. The van der Waals surface area contributed by atoms with Gasteiger partial charge in [-0.15, -0.1) is 0 Å². The quantitative estimate of drug-likeness (QED) is 0.403. The molecule has 176 valence electrons. The second-order valence-electron chi connectivity index (χ2n) is 8.24. The van der Waals surface area contributed by atoms with Crippen molar-refractivity contribution in [1.29, 1.82) is 0 Å². The van der Waals surface area contributed by atoms with E-state index in [0.29, 0.717) is 43.0 Å². The van der Waals surface area contributed by atoms with Gasteiger partial charge in [-0.25, -0.2) is 0 Å². The molecule has 2 aromatic carbocycles. The predicted molar refractivity (Wildman–Crippen MR) is 122 cm³/mol. The Morgan fingerprint density at radius 2 is 1.91 bits per heavy atom. The highest BCUT2D eigenvalue weighted by Gasteiger charge is 2.43. The fourth-order valence-corrected chi connectivity index (χ4v) is 4.59. The van der Waals surface area contributed by atoms with Crippen molar-refractivity contribution in [3.8, 4) is 5.75 Å². The van der Waals surface area contributed by atoms with Crippen molar-refractivity contribution in [2.75, 3.05) is 46.5 Å². The number of hydrogen-bond acceptors (Lipinski definition) is 8. The van der Waals surface area contributed by atoms with Crippen molar-refractivity contribution in [2.24, 2.45) is 0 Å². The lowest BCUT2D eigenvalue weighted by atomic mass is 9.98. The van der Waals surface area contributed by atoms with E-state index in [-0.39, 0.29) is 28.0 Å². The van der Waals surface area contributed by atoms with Gasteiger partial charge >= 0.3 is 0 Å². The van der Waals surface area contributed by atoms with Crippen LogP contribution in [0.3, 0.4) is 0 Å². The molecule has 0 saturated carbocycles. The zero-order valence-corrected chi connectivity index (χ0v) is 18.6. The Hall–Kier alpha value is -3.76. The molecule has 0 N–H and O–H groups in total. The van der Waals surface area contributed by atoms with E-state index in [4.69, 9.17) is 13.9 Å². The van der Waals surface area contributed by atoms with E-state index in [1.54, 1.807) is 35.2 Å². The second kappa shape index (κ2) is 8.88. The molecule has 2 aliphatic rings. The lowest BCUT2D eigenvalue weighted by Crippen LogP contribution is -2.42. The van der Waals surface area contributed by atoms with Gasteiger partial charge in [0.25, 0.3) is 11.6 Å². The van der Waals surface area contributed by atoms with E-state index in [2.05, 4.69) is 4.90 Å². The summed E-state index contributed by atoms with van der Waals surface area (Å²) < 4.78 is 16.6. The Kier molecular flexibility index (Phi) is 5.76. The largest absolute Gasteiger partial charge is 0.497 e. The number of carbonyl (C=O) groups is 1. The molecule has 0 spiro atoms. The van der Waals surface area contributed by atoms with Crippen LogP contribution >= 0.6 is 0 Å². The standard InChI is InChI=1S/C24H23N3O7/c1-32-17-5-6-18-19(14-17)34-23-20(22(18)28)21(15-3-2-4-16(13-15)27(30)31)26(24(23)29)8-7-25-9-11-33-12-10-25/h2-6,13-14,21H,7-12H2,1H3/t21-/m1/s1. The number of carbonyl (C=O) groups excluding carboxylic acids is 1. The highest BCUT2D eigenvalue weighted by Crippen LogP contribution is 2.39. The number of nitro groups is 1. The van der Waals surface area contributed by atoms with Gasteiger partial charge in [-0.1, -0.05) is 12.1 Å². The summed E-state index contributed by atoms with van der Waals surface area (Å²) in [6.45, 7) is 3.64. The monoisotopic (exact) mass is 465 g/mol. The van der Waals surface area contributed by atoms with Crippen molar-refractivity contribution < 1.29 is 23.6 Å². The summed E-state index contributed by atoms with van der Waals surface area (Å²) in [5.41, 5.74) is 0.497. The van der Waals surface area contributed by atoms with Crippen LogP contribution in [0.1, 0.15) is 27.7 Å². The first-order chi connectivity index (χ1) is 16.5. The van der Waals surface area contributed by atoms with E-state index < -0.39 is 16.9 Å². The first-order valence-corrected chi connectivity index (χ1v) is 11.0. The zero-order valence-electron chi connectivity index (χ0n) is 18.6. The molecule has 34 heavy (non-hydrogen) atoms. The van der Waals surface area contributed by atoms with Crippen molar-refractivity contribution in [2.45, 2.75) is 6.04 Å². The normalized spacial score (nSPS) is 18.3. The number of nitro benzene ring substituents is 1. The van der Waals surface area contributed by atoms with E-state index in [1.165, 1.54) is 19.2 Å². The fourth-order valence-electron chi connectivity index (χ4n) is 4.59. The Bertz CT molecular complexity index is 1330. The van der Waals surface area contributed by atoms with Gasteiger partial charge in [-0.3, -0.25) is 24.6 Å². The third-order valence-corrected chi connectivity index (χ3v) is 6.33. The van der Waals surface area contributed by atoms with E-state index in [0.717, 1.165) is 13.1 Å². The molecule has 1 fully saturated rings. The summed E-state index contributed by atoms with van der Waals surface area (Å²) in [5.74, 6) is 0.0475. The van der Waals surface area contributed by atoms with Crippen LogP contribution in [-0.2, 0) is 4.74 Å². The van der Waals surface area contributed by atoms with Gasteiger partial charge < -0.3 is 18.8 Å². The molecule has 0 aliphatic carbocycles. The number of rotatable bonds is 6. The molecule has 3 heterocycles. The Morgan fingerprint density at radius 3 is 2.65 bits per heavy atom. The molecule has 0 radical (unpaired) electrons. The number of amides is 1. The minimum absolute atomic E-state index is 0.0377. The third kappa shape index (κ3) is 3.80. The molecule has 3 aromatic rings. The molecule has 10 nitrogen and oxygen atoms in total. The number of fused-ring (bicyclic) bond motifs is 2. The summed E-state index contributed by atoms with van der Waals surface area (Å²) in [6.07, 6.45) is 0. The van der Waals surface area contributed by atoms with Crippen LogP contribution in [-0.4, -0.2) is 67.1 Å². The number of hydrogen-bond donors (Lipinski definition) is 0. The van der Waals surface area contributed by atoms with Crippen molar-refractivity contribution >= 4 is 22.6 Å². The lowest BCUT2D eigenvalue weighted by Gasteiger charge is -2.31. The Balaban J connectivity index is 1.62. The number of methoxy groups -OCH3 is 1. The summed E-state index contributed by atoms with van der Waals surface area (Å²) in [4.78, 5) is 41.8. The van der Waals surface area contributed by atoms with Crippen LogP contribution in [0.5, 0.6) is 5.75 Å². The van der Waals surface area contributed by atoms with E-state index >= 15 is 0 Å². The molecule has 2 aliphatic heterocycles. The minimum atomic E-state index is -0.786. The van der Waals surface area contributed by atoms with Crippen LogP contribution < -0.4 is 10.2 Å². The van der Waals surface area contributed by atoms with Crippen molar-refractivity contribution in [3.63, 3.8) is 0 Å². The third-order valence-electron chi connectivity index (χ3n) is 6.33. The highest BCUT2D eigenvalue weighted by molar-refractivity contribution is 5.99. The van der Waals surface area contributed by atoms with Crippen LogP contribution in [0, 0.1) is 10.1 Å². The summed E-state index contributed by atoms with van der Waals surface area (Å²) in [7, 11) is 1.50. The molecule has 1 saturated heterocycles. The molecular weight excluding hydrogens is 442 g/mol. The number of ether oxygens (including phenoxy) is 2. The van der Waals surface area contributed by atoms with Gasteiger partial charge in [0.15, 0.2) is 5.43 Å². The second-order valence-corrected chi connectivity index (χ2v) is 8.24. The summed E-state index contributed by atoms with van der Waals surface area (Å²) in [5, 5.41) is 11.7. The smallest absolute Gasteiger partial charge is 0.290 e. The number of non-ortho nitro benzene ring substituents is 1. The molecule has 5 rings (SSSR count). The average molecular weight is 465 g/mol. The molecule has 1 amide bonds. The van der Waals surface area contributed by atoms with Crippen molar-refractivity contribution in [3.05, 3.63) is 79.7 Å². The maximum absolute atomic E-state index is 13.6. The van der Waals surface area contributed by atoms with Gasteiger partial charge in [0, 0.05) is 44.4 Å². The molecular formula is C24H23N3O7. The number of morpholine rings is 1. The maximum atomic E-state index is 13.6. The minimum Gasteiger partial charge on any atom is -0.497 e. The van der Waals surface area contributed by atoms with E-state index in [9.17, 15) is 19.7 Å². The van der Waals surface area contributed by atoms with Crippen LogP contribution in [0.2, 0.25) is 0 Å². The molecule has 0 unspecified atom stereocenters. The topological polar surface area (TPSA) is 115 Å². The maximum Gasteiger partial charge on any atom is 0.290 e. The highest BCUT2D eigenvalue weighted by atomic mass is 16.6. The SMILES string of the molecule is COc1ccc2c(=O)c3c(oc2c1)C(=O)N(CCN1CCOCC1)[C@@H]3c1cccc([N+](=O)[O-])c1. The molecule has 10 heteroatoms. The lowest BCUT2D eigenvalue weighted by molar-refractivity contribution is -0.384. The van der Waals surface area contributed by atoms with Gasteiger partial charge in [-0.2, -0.15) is 0 Å². The van der Waals surface area contributed by atoms with Gasteiger partial charge in [0.1, 0.15) is 11.3 Å². The van der Waals surface area contributed by atoms with E-state index in [1.807, 2.05) is 0 Å². The summed E-state index contributed by atoms with van der Waals surface area (Å²) in [6, 6.07) is 10.1. The Morgan fingerprint density at radius 1 is 1.12 bits per heavy atom. The van der Waals surface area contributed by atoms with Gasteiger partial charge in [0.2, 0.25) is 5.76 Å². The molecule has 0 bridgehead atoms. The Labute approximate surface area is 194 Å². The van der Waals surface area contributed by atoms with Gasteiger partial charge in [-0.05, 0) is 17.7 Å². The fraction of sp³-hybridized carbons (Fsp3) is 0.333. The van der Waals surface area contributed by atoms with Crippen molar-refractivity contribution in [1.82, 2.24) is 9.80 Å². The molecule has 1 atom stereocenters. The first-order valence-electron chi connectivity index (χ1n) is 11.0. The number of nitrogens with zero attached hydrogens (tertiary/aromatic N) is 3. The van der Waals surface area contributed by atoms with Crippen LogP contribution in [0.4, 0.5) is 5.69 Å². The summed E-state index contributed by atoms with van der Waals surface area (Å²) >= 11 is 0. The number of benzene rings is 2. The van der Waals surface area contributed by atoms with Crippen LogP contribution in [0.25, 0.3) is 11.0 Å². The van der Waals surface area contributed by atoms with Crippen LogP contribution in [0.15, 0.2) is 51.7 Å². The molecule has 1 aromatic heterocycles. The predicted octanol–water partition coefficient (Wildman–Crippen LogP) is 2.59. The zero-order chi connectivity index (χ0) is 23.8. The average Bonchev–Trinajstić information content (AvgIpc) is 3.14. The van der Waals surface area contributed by atoms with Gasteiger partial charge in [0.05, 0.1) is 42.2 Å².